The Morgan fingerprint density at radius 2 is 1.76 bits per heavy atom. The number of hydrogen-bond donors (Lipinski definition) is 2. The van der Waals surface area contributed by atoms with E-state index in [4.69, 9.17) is 0 Å². The lowest BCUT2D eigenvalue weighted by Crippen LogP contribution is -2.28. The van der Waals surface area contributed by atoms with Gasteiger partial charge in [0.2, 0.25) is 11.7 Å². The highest BCUT2D eigenvalue weighted by atomic mass is 16.2. The lowest BCUT2D eigenvalue weighted by Gasteiger charge is -2.09. The third kappa shape index (κ3) is 4.95. The van der Waals surface area contributed by atoms with Gasteiger partial charge in [-0.25, -0.2) is 4.98 Å². The Bertz CT molecular complexity index is 1040. The van der Waals surface area contributed by atoms with E-state index in [1.807, 2.05) is 19.1 Å². The summed E-state index contributed by atoms with van der Waals surface area (Å²) in [5.41, 5.74) is 2.55. The van der Waals surface area contributed by atoms with Crippen LogP contribution in [-0.4, -0.2) is 33.7 Å². The van der Waals surface area contributed by atoms with Gasteiger partial charge in [0.25, 0.3) is 5.91 Å². The first-order chi connectivity index (χ1) is 14.0. The van der Waals surface area contributed by atoms with Crippen LogP contribution in [-0.2, 0) is 11.8 Å². The van der Waals surface area contributed by atoms with Gasteiger partial charge in [-0.3, -0.25) is 14.4 Å². The molecule has 1 aromatic heterocycles. The van der Waals surface area contributed by atoms with Crippen LogP contribution in [0.2, 0.25) is 0 Å². The average Bonchev–Trinajstić information content (AvgIpc) is 3.14. The molecule has 29 heavy (non-hydrogen) atoms. The molecule has 2 amide bonds. The molecule has 0 radical (unpaired) electrons. The van der Waals surface area contributed by atoms with Crippen molar-refractivity contribution in [3.63, 3.8) is 0 Å². The number of nitrogens with one attached hydrogen (secondary N) is 2. The topological polar surface area (TPSA) is 93.1 Å². The van der Waals surface area contributed by atoms with Crippen molar-refractivity contribution in [1.29, 1.82) is 0 Å². The van der Waals surface area contributed by atoms with Crippen molar-refractivity contribution in [3.05, 3.63) is 83.4 Å². The number of hydrogen-bond acceptors (Lipinski definition) is 4. The Hall–Kier alpha value is -3.74. The standard InChI is InChI=1S/C22H22N4O3/c1-15-5-3-4-6-18(15)22(29)24-12-11-19(27)25-17-9-7-16(8-10-17)20(28)21-23-13-14-26(21)2/h3-10,13-14H,11-12H2,1-2H3,(H,24,29)(H,25,27). The fourth-order valence-corrected chi connectivity index (χ4v) is 2.85. The Balaban J connectivity index is 1.49. The van der Waals surface area contributed by atoms with Crippen LogP contribution >= 0.6 is 0 Å². The molecule has 7 nitrogen and oxygen atoms in total. The van der Waals surface area contributed by atoms with Crippen LogP contribution in [0.3, 0.4) is 0 Å². The minimum Gasteiger partial charge on any atom is -0.352 e. The number of anilines is 1. The number of amides is 2. The maximum Gasteiger partial charge on any atom is 0.251 e. The molecule has 3 aromatic rings. The smallest absolute Gasteiger partial charge is 0.251 e. The van der Waals surface area contributed by atoms with Crippen LogP contribution in [0.15, 0.2) is 60.9 Å². The first kappa shape index (κ1) is 20.0. The predicted octanol–water partition coefficient (Wildman–Crippen LogP) is 2.72. The molecule has 0 aliphatic carbocycles. The van der Waals surface area contributed by atoms with E-state index in [0.717, 1.165) is 5.56 Å². The predicted molar refractivity (Wildman–Crippen MR) is 110 cm³/mol. The van der Waals surface area contributed by atoms with Crippen LogP contribution in [0.4, 0.5) is 5.69 Å². The monoisotopic (exact) mass is 390 g/mol. The number of rotatable bonds is 7. The highest BCUT2D eigenvalue weighted by Gasteiger charge is 2.14. The zero-order valence-corrected chi connectivity index (χ0v) is 16.3. The third-order valence-corrected chi connectivity index (χ3v) is 4.48. The number of carbonyl (C=O) groups excluding carboxylic acids is 3. The molecule has 0 atom stereocenters. The number of carbonyl (C=O) groups is 3. The minimum absolute atomic E-state index is 0.144. The summed E-state index contributed by atoms with van der Waals surface area (Å²) in [6.07, 6.45) is 3.42. The molecule has 0 spiro atoms. The van der Waals surface area contributed by atoms with Crippen molar-refractivity contribution in [2.45, 2.75) is 13.3 Å². The molecule has 0 unspecified atom stereocenters. The van der Waals surface area contributed by atoms with Gasteiger partial charge in [-0.15, -0.1) is 0 Å². The molecular weight excluding hydrogens is 368 g/mol. The van der Waals surface area contributed by atoms with E-state index in [9.17, 15) is 14.4 Å². The van der Waals surface area contributed by atoms with E-state index in [1.165, 1.54) is 0 Å². The molecule has 148 valence electrons. The SMILES string of the molecule is Cc1ccccc1C(=O)NCCC(=O)Nc1ccc(C(=O)c2nccn2C)cc1. The van der Waals surface area contributed by atoms with Crippen molar-refractivity contribution in [3.8, 4) is 0 Å². The quantitative estimate of drug-likeness (QED) is 0.607. The van der Waals surface area contributed by atoms with Crippen molar-refractivity contribution in [2.24, 2.45) is 7.05 Å². The largest absolute Gasteiger partial charge is 0.352 e. The second-order valence-electron chi connectivity index (χ2n) is 6.64. The van der Waals surface area contributed by atoms with Crippen LogP contribution < -0.4 is 10.6 Å². The maximum absolute atomic E-state index is 12.4. The number of imidazole rings is 1. The number of aryl methyl sites for hydroxylation is 2. The summed E-state index contributed by atoms with van der Waals surface area (Å²) in [6.45, 7) is 2.10. The fraction of sp³-hybridized carbons (Fsp3) is 0.182. The van der Waals surface area contributed by atoms with Crippen molar-refractivity contribution in [2.75, 3.05) is 11.9 Å². The van der Waals surface area contributed by atoms with Gasteiger partial charge in [0.15, 0.2) is 5.82 Å². The van der Waals surface area contributed by atoms with E-state index in [2.05, 4.69) is 15.6 Å². The van der Waals surface area contributed by atoms with Gasteiger partial charge in [-0.2, -0.15) is 0 Å². The summed E-state index contributed by atoms with van der Waals surface area (Å²) in [5, 5.41) is 5.50. The molecule has 0 saturated heterocycles. The number of aromatic nitrogens is 2. The summed E-state index contributed by atoms with van der Waals surface area (Å²) in [6, 6.07) is 13.9. The molecule has 0 aliphatic heterocycles. The summed E-state index contributed by atoms with van der Waals surface area (Å²) >= 11 is 0. The third-order valence-electron chi connectivity index (χ3n) is 4.48. The summed E-state index contributed by atoms with van der Waals surface area (Å²) in [5.74, 6) is -0.258. The number of benzene rings is 2. The Kier molecular flexibility index (Phi) is 6.19. The van der Waals surface area contributed by atoms with Gasteiger partial charge in [-0.1, -0.05) is 18.2 Å². The fourth-order valence-electron chi connectivity index (χ4n) is 2.85. The number of ketones is 1. The second-order valence-corrected chi connectivity index (χ2v) is 6.64. The summed E-state index contributed by atoms with van der Waals surface area (Å²) < 4.78 is 1.66. The van der Waals surface area contributed by atoms with Crippen LogP contribution in [0, 0.1) is 6.92 Å². The van der Waals surface area contributed by atoms with Gasteiger partial charge in [0.05, 0.1) is 0 Å². The van der Waals surface area contributed by atoms with E-state index in [1.54, 1.807) is 60.4 Å². The lowest BCUT2D eigenvalue weighted by molar-refractivity contribution is -0.116. The van der Waals surface area contributed by atoms with Crippen molar-refractivity contribution < 1.29 is 14.4 Å². The first-order valence-corrected chi connectivity index (χ1v) is 9.21. The second kappa shape index (κ2) is 8.97. The molecule has 1 heterocycles. The van der Waals surface area contributed by atoms with E-state index < -0.39 is 0 Å². The maximum atomic E-state index is 12.4. The Morgan fingerprint density at radius 1 is 1.03 bits per heavy atom. The van der Waals surface area contributed by atoms with Gasteiger partial charge >= 0.3 is 0 Å². The molecule has 7 heteroatoms. The van der Waals surface area contributed by atoms with Crippen LogP contribution in [0.25, 0.3) is 0 Å². The Labute approximate surface area is 168 Å². The molecule has 0 saturated carbocycles. The molecular formula is C22H22N4O3. The summed E-state index contributed by atoms with van der Waals surface area (Å²) in [4.78, 5) is 40.7. The molecule has 0 fully saturated rings. The highest BCUT2D eigenvalue weighted by Crippen LogP contribution is 2.13. The van der Waals surface area contributed by atoms with Crippen molar-refractivity contribution >= 4 is 23.3 Å². The van der Waals surface area contributed by atoms with Gasteiger partial charge in [-0.05, 0) is 42.8 Å². The summed E-state index contributed by atoms with van der Waals surface area (Å²) in [7, 11) is 1.76. The van der Waals surface area contributed by atoms with Gasteiger partial charge in [0, 0.05) is 49.2 Å². The first-order valence-electron chi connectivity index (χ1n) is 9.21. The molecule has 2 N–H and O–H groups in total. The zero-order chi connectivity index (χ0) is 20.8. The zero-order valence-electron chi connectivity index (χ0n) is 16.3. The number of nitrogens with zero attached hydrogens (tertiary/aromatic N) is 2. The van der Waals surface area contributed by atoms with Crippen LogP contribution in [0.1, 0.15) is 38.5 Å². The molecule has 3 rings (SSSR count). The molecule has 2 aromatic carbocycles. The van der Waals surface area contributed by atoms with E-state index >= 15 is 0 Å². The molecule has 0 bridgehead atoms. The average molecular weight is 390 g/mol. The van der Waals surface area contributed by atoms with E-state index in [-0.39, 0.29) is 30.6 Å². The van der Waals surface area contributed by atoms with Gasteiger partial charge < -0.3 is 15.2 Å². The van der Waals surface area contributed by atoms with Crippen molar-refractivity contribution in [1.82, 2.24) is 14.9 Å². The van der Waals surface area contributed by atoms with Gasteiger partial charge in [0.1, 0.15) is 0 Å². The molecule has 0 aliphatic rings. The lowest BCUT2D eigenvalue weighted by atomic mass is 10.1. The van der Waals surface area contributed by atoms with E-state index in [0.29, 0.717) is 22.6 Å². The minimum atomic E-state index is -0.224. The normalized spacial score (nSPS) is 10.4. The Morgan fingerprint density at radius 3 is 2.41 bits per heavy atom. The van der Waals surface area contributed by atoms with Crippen LogP contribution in [0.5, 0.6) is 0 Å². The highest BCUT2D eigenvalue weighted by molar-refractivity contribution is 6.07.